The Morgan fingerprint density at radius 2 is 2.00 bits per heavy atom. The first-order valence-electron chi connectivity index (χ1n) is 7.32. The Balaban J connectivity index is 1.61. The van der Waals surface area contributed by atoms with Crippen LogP contribution in [0.2, 0.25) is 0 Å². The number of rotatable bonds is 4. The summed E-state index contributed by atoms with van der Waals surface area (Å²) in [6.07, 6.45) is 0.725. The molecule has 0 bridgehead atoms. The lowest BCUT2D eigenvalue weighted by atomic mass is 10.0. The van der Waals surface area contributed by atoms with Crippen molar-refractivity contribution in [2.45, 2.75) is 22.3 Å². The highest BCUT2D eigenvalue weighted by Gasteiger charge is 2.22. The second kappa shape index (κ2) is 7.53. The Bertz CT molecular complexity index is 769. The number of fused-ring (bicyclic) bond motifs is 1. The zero-order valence-electron chi connectivity index (χ0n) is 12.5. The summed E-state index contributed by atoms with van der Waals surface area (Å²) in [6, 6.07) is 7.89. The zero-order chi connectivity index (χ0) is 17.1. The number of carbonyl (C=O) groups is 1. The normalized spacial score (nSPS) is 16.5. The van der Waals surface area contributed by atoms with Gasteiger partial charge in [0.2, 0.25) is 5.91 Å². The maximum Gasteiger partial charge on any atom is 0.230 e. The maximum atomic E-state index is 13.5. The van der Waals surface area contributed by atoms with Crippen LogP contribution in [0.1, 0.15) is 18.0 Å². The van der Waals surface area contributed by atoms with Gasteiger partial charge in [-0.1, -0.05) is 0 Å². The summed E-state index contributed by atoms with van der Waals surface area (Å²) in [5, 5.41) is 2.89. The molecular formula is C17H14F3NOS2. The molecular weight excluding hydrogens is 355 g/mol. The minimum absolute atomic E-state index is 0.0827. The van der Waals surface area contributed by atoms with Crippen molar-refractivity contribution in [2.75, 3.05) is 11.5 Å². The van der Waals surface area contributed by atoms with Gasteiger partial charge in [-0.2, -0.15) is 0 Å². The third kappa shape index (κ3) is 4.08. The third-order valence-electron chi connectivity index (χ3n) is 3.61. The second-order valence-electron chi connectivity index (χ2n) is 5.30. The molecule has 2 aromatic carbocycles. The molecule has 1 atom stereocenters. The van der Waals surface area contributed by atoms with Crippen LogP contribution < -0.4 is 5.32 Å². The van der Waals surface area contributed by atoms with Gasteiger partial charge in [0.1, 0.15) is 5.82 Å². The highest BCUT2D eigenvalue weighted by molar-refractivity contribution is 8.00. The summed E-state index contributed by atoms with van der Waals surface area (Å²) < 4.78 is 39.5. The summed E-state index contributed by atoms with van der Waals surface area (Å²) in [6.45, 7) is 0. The van der Waals surface area contributed by atoms with Gasteiger partial charge in [-0.05, 0) is 48.4 Å². The molecule has 0 aromatic heterocycles. The second-order valence-corrected chi connectivity index (χ2v) is 7.49. The van der Waals surface area contributed by atoms with Crippen molar-refractivity contribution >= 4 is 29.4 Å². The maximum absolute atomic E-state index is 13.5. The Labute approximate surface area is 146 Å². The van der Waals surface area contributed by atoms with Crippen molar-refractivity contribution in [3.8, 4) is 0 Å². The Kier molecular flexibility index (Phi) is 5.40. The van der Waals surface area contributed by atoms with Gasteiger partial charge in [-0.15, -0.1) is 23.5 Å². The van der Waals surface area contributed by atoms with Gasteiger partial charge in [0, 0.05) is 15.5 Å². The van der Waals surface area contributed by atoms with Crippen LogP contribution >= 0.6 is 23.5 Å². The lowest BCUT2D eigenvalue weighted by molar-refractivity contribution is -0.119. The Hall–Kier alpha value is -1.60. The number of benzene rings is 2. The topological polar surface area (TPSA) is 29.1 Å². The minimum Gasteiger partial charge on any atom is -0.348 e. The molecule has 0 fully saturated rings. The fraction of sp³-hybridized carbons (Fsp3) is 0.235. The molecule has 24 heavy (non-hydrogen) atoms. The van der Waals surface area contributed by atoms with E-state index in [9.17, 15) is 18.0 Å². The van der Waals surface area contributed by atoms with E-state index < -0.39 is 11.6 Å². The van der Waals surface area contributed by atoms with E-state index in [4.69, 9.17) is 0 Å². The summed E-state index contributed by atoms with van der Waals surface area (Å²) in [5.41, 5.74) is 0.789. The van der Waals surface area contributed by atoms with Gasteiger partial charge in [0.15, 0.2) is 11.6 Å². The molecule has 0 unspecified atom stereocenters. The SMILES string of the molecule is O=C(CSc1ccc(F)c(F)c1)N[C@@H]1CCSc2ccc(F)cc21. The van der Waals surface area contributed by atoms with E-state index in [0.717, 1.165) is 46.5 Å². The van der Waals surface area contributed by atoms with Crippen LogP contribution in [0.4, 0.5) is 13.2 Å². The first kappa shape index (κ1) is 17.2. The van der Waals surface area contributed by atoms with E-state index >= 15 is 0 Å². The number of halogens is 3. The van der Waals surface area contributed by atoms with Crippen LogP contribution in [0.3, 0.4) is 0 Å². The first-order chi connectivity index (χ1) is 11.5. The van der Waals surface area contributed by atoms with Gasteiger partial charge >= 0.3 is 0 Å². The fourth-order valence-corrected chi connectivity index (χ4v) is 4.30. The van der Waals surface area contributed by atoms with Crippen molar-refractivity contribution in [3.63, 3.8) is 0 Å². The molecule has 1 aliphatic heterocycles. The number of thioether (sulfide) groups is 2. The van der Waals surface area contributed by atoms with Crippen molar-refractivity contribution in [1.82, 2.24) is 5.32 Å². The van der Waals surface area contributed by atoms with Crippen molar-refractivity contribution in [1.29, 1.82) is 0 Å². The largest absolute Gasteiger partial charge is 0.348 e. The Morgan fingerprint density at radius 3 is 2.79 bits per heavy atom. The van der Waals surface area contributed by atoms with E-state index in [1.165, 1.54) is 18.2 Å². The van der Waals surface area contributed by atoms with Gasteiger partial charge < -0.3 is 5.32 Å². The molecule has 2 aromatic rings. The average Bonchev–Trinajstić information content (AvgIpc) is 2.56. The molecule has 1 amide bonds. The molecule has 126 valence electrons. The monoisotopic (exact) mass is 369 g/mol. The molecule has 0 saturated heterocycles. The molecule has 0 aliphatic carbocycles. The van der Waals surface area contributed by atoms with Gasteiger partial charge in [-0.25, -0.2) is 13.2 Å². The van der Waals surface area contributed by atoms with Crippen LogP contribution in [0, 0.1) is 17.5 Å². The van der Waals surface area contributed by atoms with Gasteiger partial charge in [-0.3, -0.25) is 4.79 Å². The number of amides is 1. The number of hydrogen-bond acceptors (Lipinski definition) is 3. The third-order valence-corrected chi connectivity index (χ3v) is 5.72. The van der Waals surface area contributed by atoms with E-state index in [-0.39, 0.29) is 23.5 Å². The summed E-state index contributed by atoms with van der Waals surface area (Å²) in [7, 11) is 0. The number of carbonyl (C=O) groups excluding carboxylic acids is 1. The van der Waals surface area contributed by atoms with Crippen LogP contribution in [0.25, 0.3) is 0 Å². The van der Waals surface area contributed by atoms with Crippen LogP contribution in [0.15, 0.2) is 46.2 Å². The quantitative estimate of drug-likeness (QED) is 0.802. The molecule has 1 heterocycles. The number of nitrogens with one attached hydrogen (secondary N) is 1. The molecule has 1 aliphatic rings. The highest BCUT2D eigenvalue weighted by atomic mass is 32.2. The van der Waals surface area contributed by atoms with E-state index in [0.29, 0.717) is 4.90 Å². The van der Waals surface area contributed by atoms with Crippen LogP contribution in [0.5, 0.6) is 0 Å². The van der Waals surface area contributed by atoms with Crippen molar-refractivity contribution < 1.29 is 18.0 Å². The lowest BCUT2D eigenvalue weighted by Gasteiger charge is -2.26. The molecule has 0 saturated carbocycles. The van der Waals surface area contributed by atoms with Gasteiger partial charge in [0.25, 0.3) is 0 Å². The average molecular weight is 369 g/mol. The van der Waals surface area contributed by atoms with Crippen molar-refractivity contribution in [3.05, 3.63) is 59.4 Å². The lowest BCUT2D eigenvalue weighted by Crippen LogP contribution is -2.32. The molecule has 7 heteroatoms. The predicted octanol–water partition coefficient (Wildman–Crippen LogP) is 4.55. The summed E-state index contributed by atoms with van der Waals surface area (Å²) in [5.74, 6) is -1.47. The molecule has 2 nitrogen and oxygen atoms in total. The van der Waals surface area contributed by atoms with Crippen LogP contribution in [-0.2, 0) is 4.79 Å². The van der Waals surface area contributed by atoms with Crippen molar-refractivity contribution in [2.24, 2.45) is 0 Å². The fourth-order valence-electron chi connectivity index (χ4n) is 2.47. The van der Waals surface area contributed by atoms with E-state index in [1.807, 2.05) is 0 Å². The molecule has 1 N–H and O–H groups in total. The van der Waals surface area contributed by atoms with Crippen LogP contribution in [-0.4, -0.2) is 17.4 Å². The minimum atomic E-state index is -0.936. The molecule has 0 radical (unpaired) electrons. The number of hydrogen-bond donors (Lipinski definition) is 1. The predicted molar refractivity (Wildman–Crippen MR) is 89.7 cm³/mol. The van der Waals surface area contributed by atoms with E-state index in [1.54, 1.807) is 17.8 Å². The van der Waals surface area contributed by atoms with E-state index in [2.05, 4.69) is 5.32 Å². The zero-order valence-corrected chi connectivity index (χ0v) is 14.2. The Morgan fingerprint density at radius 1 is 1.17 bits per heavy atom. The summed E-state index contributed by atoms with van der Waals surface area (Å²) in [4.78, 5) is 13.6. The molecule has 3 rings (SSSR count). The van der Waals surface area contributed by atoms with Gasteiger partial charge in [0.05, 0.1) is 11.8 Å². The summed E-state index contributed by atoms with van der Waals surface area (Å²) >= 11 is 2.77. The highest BCUT2D eigenvalue weighted by Crippen LogP contribution is 2.36. The smallest absolute Gasteiger partial charge is 0.230 e. The first-order valence-corrected chi connectivity index (χ1v) is 9.29. The molecule has 0 spiro atoms. The standard InChI is InChI=1S/C17H14F3NOS2/c18-10-1-4-16-12(7-10)15(5-6-23-16)21-17(22)9-24-11-2-3-13(19)14(20)8-11/h1-4,7-8,15H,5-6,9H2,(H,21,22)/t15-/m1/s1.